The molecule has 0 aromatic rings. The van der Waals surface area contributed by atoms with E-state index in [1.807, 2.05) is 0 Å². The molecule has 2 unspecified atom stereocenters. The first kappa shape index (κ1) is 17.8. The van der Waals surface area contributed by atoms with Gasteiger partial charge in [0.15, 0.2) is 0 Å². The average molecular weight is 324 g/mol. The van der Waals surface area contributed by atoms with Gasteiger partial charge in [-0.1, -0.05) is 37.3 Å². The van der Waals surface area contributed by atoms with Gasteiger partial charge in [-0.15, -0.1) is 11.6 Å². The van der Waals surface area contributed by atoms with E-state index in [9.17, 15) is 0 Å². The molecular weight excluding hydrogens is 294 g/mol. The maximum absolute atomic E-state index is 6.32. The number of allylic oxidation sites excluding steroid dienone is 3. The minimum Gasteiger partial charge on any atom is -0.367 e. The summed E-state index contributed by atoms with van der Waals surface area (Å²) >= 11 is 6.11. The second-order valence-corrected chi connectivity index (χ2v) is 7.52. The molecule has 2 nitrogen and oxygen atoms in total. The molecule has 2 rings (SSSR count). The normalized spacial score (nSPS) is 25.6. The Bertz CT molecular complexity index is 439. The van der Waals surface area contributed by atoms with Gasteiger partial charge in [0.25, 0.3) is 0 Å². The Morgan fingerprint density at radius 3 is 2.68 bits per heavy atom. The molecule has 0 saturated carbocycles. The van der Waals surface area contributed by atoms with E-state index in [1.165, 1.54) is 18.4 Å². The van der Waals surface area contributed by atoms with E-state index in [-0.39, 0.29) is 17.1 Å². The summed E-state index contributed by atoms with van der Waals surface area (Å²) in [6, 6.07) is 0. The van der Waals surface area contributed by atoms with Crippen molar-refractivity contribution in [2.45, 2.75) is 63.5 Å². The van der Waals surface area contributed by atoms with Crippen molar-refractivity contribution in [2.75, 3.05) is 19.6 Å². The van der Waals surface area contributed by atoms with Gasteiger partial charge in [0, 0.05) is 13.1 Å². The summed E-state index contributed by atoms with van der Waals surface area (Å²) in [5.41, 5.74) is 1.29. The summed E-state index contributed by atoms with van der Waals surface area (Å²) < 4.78 is 6.32. The average Bonchev–Trinajstić information content (AvgIpc) is 2.49. The van der Waals surface area contributed by atoms with E-state index in [0.29, 0.717) is 0 Å². The Labute approximate surface area is 140 Å². The Balaban J connectivity index is 1.86. The molecule has 0 amide bonds. The molecule has 0 saturated heterocycles. The first-order valence-electron chi connectivity index (χ1n) is 8.56. The zero-order valence-corrected chi connectivity index (χ0v) is 15.0. The second kappa shape index (κ2) is 8.33. The van der Waals surface area contributed by atoms with E-state index in [4.69, 9.17) is 16.3 Å². The Kier molecular flexibility index (Phi) is 6.73. The van der Waals surface area contributed by atoms with Crippen LogP contribution in [0.15, 0.2) is 36.0 Å². The predicted octanol–water partition coefficient (Wildman–Crippen LogP) is 4.71. The number of halogens is 1. The molecule has 2 atom stereocenters. The van der Waals surface area contributed by atoms with Crippen LogP contribution in [0, 0.1) is 0 Å². The SMILES string of the molecule is CCN(CC1=CCCC=C1)CC(C)(C)OC1C=CC(Cl)CC1. The molecule has 0 aromatic heterocycles. The lowest BCUT2D eigenvalue weighted by Crippen LogP contribution is -2.43. The third kappa shape index (κ3) is 5.91. The molecule has 0 fully saturated rings. The minimum atomic E-state index is -0.150. The third-order valence-corrected chi connectivity index (χ3v) is 4.63. The fourth-order valence-electron chi connectivity index (χ4n) is 3.17. The Hall–Kier alpha value is -0.570. The number of likely N-dealkylation sites (N-methyl/N-ethyl adjacent to an activating group) is 1. The molecule has 0 heterocycles. The lowest BCUT2D eigenvalue weighted by atomic mass is 10.0. The van der Waals surface area contributed by atoms with Crippen LogP contribution in [0.5, 0.6) is 0 Å². The molecule has 0 spiro atoms. The molecule has 0 N–H and O–H groups in total. The zero-order valence-electron chi connectivity index (χ0n) is 14.2. The number of rotatable bonds is 7. The summed E-state index contributed by atoms with van der Waals surface area (Å²) in [6.07, 6.45) is 15.7. The van der Waals surface area contributed by atoms with Crippen molar-refractivity contribution in [1.29, 1.82) is 0 Å². The van der Waals surface area contributed by atoms with E-state index in [1.54, 1.807) is 0 Å². The highest BCUT2D eigenvalue weighted by molar-refractivity contribution is 6.21. The van der Waals surface area contributed by atoms with Crippen LogP contribution in [0.4, 0.5) is 0 Å². The third-order valence-electron chi connectivity index (χ3n) is 4.26. The maximum atomic E-state index is 6.32. The van der Waals surface area contributed by atoms with E-state index >= 15 is 0 Å². The second-order valence-electron chi connectivity index (χ2n) is 6.96. The van der Waals surface area contributed by atoms with Gasteiger partial charge in [-0.2, -0.15) is 0 Å². The van der Waals surface area contributed by atoms with Gasteiger partial charge in [0.05, 0.1) is 17.1 Å². The monoisotopic (exact) mass is 323 g/mol. The zero-order chi connectivity index (χ0) is 16.0. The molecule has 0 aliphatic heterocycles. The van der Waals surface area contributed by atoms with Gasteiger partial charge in [0.2, 0.25) is 0 Å². The number of hydrogen-bond donors (Lipinski definition) is 0. The quantitative estimate of drug-likeness (QED) is 0.497. The lowest BCUT2D eigenvalue weighted by molar-refractivity contribution is -0.0712. The number of alkyl halides is 1. The fourth-order valence-corrected chi connectivity index (χ4v) is 3.38. The van der Waals surface area contributed by atoms with Crippen molar-refractivity contribution in [1.82, 2.24) is 4.90 Å². The van der Waals surface area contributed by atoms with Gasteiger partial charge in [0.1, 0.15) is 0 Å². The summed E-state index contributed by atoms with van der Waals surface area (Å²) in [5.74, 6) is 0. The molecule has 2 aliphatic carbocycles. The van der Waals surface area contributed by atoms with Gasteiger partial charge in [-0.3, -0.25) is 4.90 Å². The van der Waals surface area contributed by atoms with E-state index in [0.717, 1.165) is 32.5 Å². The molecule has 0 bridgehead atoms. The van der Waals surface area contributed by atoms with Crippen molar-refractivity contribution in [3.63, 3.8) is 0 Å². The number of ether oxygens (including phenoxy) is 1. The van der Waals surface area contributed by atoms with Crippen molar-refractivity contribution in [2.24, 2.45) is 0 Å². The predicted molar refractivity (Wildman–Crippen MR) is 95.5 cm³/mol. The highest BCUT2D eigenvalue weighted by Crippen LogP contribution is 2.24. The van der Waals surface area contributed by atoms with Crippen LogP contribution in [-0.4, -0.2) is 41.6 Å². The van der Waals surface area contributed by atoms with Crippen LogP contribution in [0.2, 0.25) is 0 Å². The largest absolute Gasteiger partial charge is 0.367 e. The first-order chi connectivity index (χ1) is 10.5. The maximum Gasteiger partial charge on any atom is 0.0764 e. The minimum absolute atomic E-state index is 0.150. The molecule has 0 aromatic carbocycles. The van der Waals surface area contributed by atoms with Gasteiger partial charge < -0.3 is 4.74 Å². The fraction of sp³-hybridized carbons (Fsp3) is 0.684. The summed E-state index contributed by atoms with van der Waals surface area (Å²) in [4.78, 5) is 2.47. The van der Waals surface area contributed by atoms with Gasteiger partial charge >= 0.3 is 0 Å². The molecule has 3 heteroatoms. The smallest absolute Gasteiger partial charge is 0.0764 e. The highest BCUT2D eigenvalue weighted by atomic mass is 35.5. The van der Waals surface area contributed by atoms with Crippen LogP contribution in [-0.2, 0) is 4.74 Å². The summed E-state index contributed by atoms with van der Waals surface area (Å²) in [5, 5.41) is 0.181. The van der Waals surface area contributed by atoms with Crippen LogP contribution in [0.3, 0.4) is 0 Å². The van der Waals surface area contributed by atoms with Crippen molar-refractivity contribution < 1.29 is 4.74 Å². The van der Waals surface area contributed by atoms with Crippen LogP contribution in [0.25, 0.3) is 0 Å². The number of nitrogens with zero attached hydrogens (tertiary/aromatic N) is 1. The van der Waals surface area contributed by atoms with E-state index in [2.05, 4.69) is 56.1 Å². The summed E-state index contributed by atoms with van der Waals surface area (Å²) in [7, 11) is 0. The van der Waals surface area contributed by atoms with Crippen LogP contribution >= 0.6 is 11.6 Å². The lowest BCUT2D eigenvalue weighted by Gasteiger charge is -2.36. The first-order valence-corrected chi connectivity index (χ1v) is 9.00. The van der Waals surface area contributed by atoms with Crippen molar-refractivity contribution in [3.05, 3.63) is 36.0 Å². The Morgan fingerprint density at radius 1 is 1.27 bits per heavy atom. The van der Waals surface area contributed by atoms with Crippen molar-refractivity contribution in [3.8, 4) is 0 Å². The standard InChI is InChI=1S/C19H30ClNO/c1-4-21(14-16-8-6-5-7-9-16)15-19(2,3)22-18-12-10-17(20)11-13-18/h6,8-10,12,17-18H,4-5,7,11,13-15H2,1-3H3. The number of hydrogen-bond acceptors (Lipinski definition) is 2. The summed E-state index contributed by atoms with van der Waals surface area (Å²) in [6.45, 7) is 9.63. The molecule has 22 heavy (non-hydrogen) atoms. The van der Waals surface area contributed by atoms with Gasteiger partial charge in [-0.25, -0.2) is 0 Å². The van der Waals surface area contributed by atoms with Crippen LogP contribution in [0.1, 0.15) is 46.5 Å². The van der Waals surface area contributed by atoms with Crippen molar-refractivity contribution >= 4 is 11.6 Å². The molecule has 0 radical (unpaired) electrons. The van der Waals surface area contributed by atoms with Gasteiger partial charge in [-0.05, 0) is 51.6 Å². The molecular formula is C19H30ClNO. The molecule has 124 valence electrons. The van der Waals surface area contributed by atoms with Crippen LogP contribution < -0.4 is 0 Å². The topological polar surface area (TPSA) is 12.5 Å². The Morgan fingerprint density at radius 2 is 2.09 bits per heavy atom. The molecule has 2 aliphatic rings. The highest BCUT2D eigenvalue weighted by Gasteiger charge is 2.27. The van der Waals surface area contributed by atoms with E-state index < -0.39 is 0 Å².